The van der Waals surface area contributed by atoms with Crippen LogP contribution in [0.25, 0.3) is 0 Å². The van der Waals surface area contributed by atoms with Crippen molar-refractivity contribution in [2.75, 3.05) is 7.05 Å². The molecule has 1 rings (SSSR count). The van der Waals surface area contributed by atoms with E-state index in [9.17, 15) is 5.11 Å². The SMILES string of the molecule is CN=Cc1cccc(C)c1O.[Cl][Ti][Cl]. The summed E-state index contributed by atoms with van der Waals surface area (Å²) in [4.78, 5) is 3.82. The van der Waals surface area contributed by atoms with Crippen LogP contribution in [0.15, 0.2) is 23.2 Å². The molecule has 0 spiro atoms. The molecule has 0 bridgehead atoms. The molecule has 0 aliphatic rings. The zero-order valence-corrected chi connectivity index (χ0v) is 11.0. The normalized spacial score (nSPS) is 9.43. The number of aliphatic imine (C=N–C) groups is 1. The van der Waals surface area contributed by atoms with Crippen molar-refractivity contribution < 1.29 is 22.1 Å². The van der Waals surface area contributed by atoms with Crippen LogP contribution < -0.4 is 0 Å². The van der Waals surface area contributed by atoms with Gasteiger partial charge in [0.25, 0.3) is 0 Å². The molecule has 0 heterocycles. The van der Waals surface area contributed by atoms with Crippen molar-refractivity contribution in [3.8, 4) is 5.75 Å². The van der Waals surface area contributed by atoms with E-state index in [4.69, 9.17) is 18.6 Å². The predicted molar refractivity (Wildman–Crippen MR) is 58.1 cm³/mol. The molecule has 2 nitrogen and oxygen atoms in total. The second kappa shape index (κ2) is 8.31. The van der Waals surface area contributed by atoms with Crippen LogP contribution in [0.3, 0.4) is 0 Å². The molecule has 76 valence electrons. The molecule has 0 aliphatic carbocycles. The van der Waals surface area contributed by atoms with Gasteiger partial charge in [-0.1, -0.05) is 12.1 Å². The average molecular weight is 268 g/mol. The van der Waals surface area contributed by atoms with E-state index >= 15 is 0 Å². The van der Waals surface area contributed by atoms with Crippen molar-refractivity contribution in [1.82, 2.24) is 0 Å². The van der Waals surface area contributed by atoms with Crippen LogP contribution in [0.2, 0.25) is 0 Å². The van der Waals surface area contributed by atoms with E-state index in [1.807, 2.05) is 25.1 Å². The third-order valence-corrected chi connectivity index (χ3v) is 1.54. The van der Waals surface area contributed by atoms with Crippen LogP contribution in [0.1, 0.15) is 11.1 Å². The molecule has 0 saturated heterocycles. The summed E-state index contributed by atoms with van der Waals surface area (Å²) in [6.45, 7) is 1.86. The van der Waals surface area contributed by atoms with Gasteiger partial charge in [-0.05, 0) is 18.6 Å². The summed E-state index contributed by atoms with van der Waals surface area (Å²) in [5.74, 6) is 0.318. The van der Waals surface area contributed by atoms with Crippen LogP contribution >= 0.6 is 18.6 Å². The standard InChI is InChI=1S/C9H11NO.2ClH.Ti/c1-7-4-3-5-8(6-10-2)9(7)11;;;/h3-6,11H,1-2H3;2*1H;/q;;;+2/p-2. The van der Waals surface area contributed by atoms with E-state index in [1.165, 1.54) is 0 Å². The second-order valence-electron chi connectivity index (χ2n) is 2.47. The number of para-hydroxylation sites is 1. The Balaban J connectivity index is 0.000000500. The number of hydrogen-bond donors (Lipinski definition) is 1. The molecular formula is C9H11Cl2NOTi. The van der Waals surface area contributed by atoms with Crippen molar-refractivity contribution in [2.24, 2.45) is 4.99 Å². The Hall–Kier alpha value is -0.0157. The van der Waals surface area contributed by atoms with E-state index in [-0.39, 0.29) is 0 Å². The summed E-state index contributed by atoms with van der Waals surface area (Å²) >= 11 is -0.556. The fourth-order valence-corrected chi connectivity index (χ4v) is 0.925. The number of aryl methyl sites for hydroxylation is 1. The number of benzene rings is 1. The Bertz CT molecular complexity index is 305. The van der Waals surface area contributed by atoms with Crippen LogP contribution in [-0.2, 0) is 17.0 Å². The van der Waals surface area contributed by atoms with Gasteiger partial charge in [-0.3, -0.25) is 4.99 Å². The van der Waals surface area contributed by atoms with E-state index in [2.05, 4.69) is 4.99 Å². The van der Waals surface area contributed by atoms with E-state index in [1.54, 1.807) is 13.3 Å². The van der Waals surface area contributed by atoms with Gasteiger partial charge in [0.2, 0.25) is 0 Å². The average Bonchev–Trinajstić information content (AvgIpc) is 2.15. The molecular weight excluding hydrogens is 257 g/mol. The first-order valence-electron chi connectivity index (χ1n) is 3.84. The van der Waals surface area contributed by atoms with Crippen molar-refractivity contribution in [1.29, 1.82) is 0 Å². The maximum atomic E-state index is 9.44. The quantitative estimate of drug-likeness (QED) is 0.616. The van der Waals surface area contributed by atoms with Gasteiger partial charge in [0.15, 0.2) is 0 Å². The number of aromatic hydroxyl groups is 1. The summed E-state index contributed by atoms with van der Waals surface area (Å²) in [6.07, 6.45) is 1.64. The van der Waals surface area contributed by atoms with Crippen LogP contribution in [0.5, 0.6) is 5.75 Å². The first kappa shape index (κ1) is 14.0. The molecule has 0 unspecified atom stereocenters. The number of phenolic OH excluding ortho intramolecular Hbond substituents is 1. The van der Waals surface area contributed by atoms with Crippen molar-refractivity contribution in [2.45, 2.75) is 6.92 Å². The molecule has 0 atom stereocenters. The van der Waals surface area contributed by atoms with Crippen LogP contribution in [0.4, 0.5) is 0 Å². The van der Waals surface area contributed by atoms with Crippen molar-refractivity contribution in [3.63, 3.8) is 0 Å². The van der Waals surface area contributed by atoms with Gasteiger partial charge in [-0.15, -0.1) is 0 Å². The molecule has 1 aromatic carbocycles. The number of rotatable bonds is 1. The van der Waals surface area contributed by atoms with Crippen LogP contribution in [-0.4, -0.2) is 18.4 Å². The van der Waals surface area contributed by atoms with E-state index in [0.29, 0.717) is 5.75 Å². The second-order valence-corrected chi connectivity index (χ2v) is 5.05. The fourth-order valence-electron chi connectivity index (χ4n) is 0.925. The maximum absolute atomic E-state index is 9.44. The molecule has 0 aromatic heterocycles. The van der Waals surface area contributed by atoms with Gasteiger partial charge in [0.05, 0.1) is 0 Å². The number of phenols is 1. The Morgan fingerprint density at radius 3 is 2.50 bits per heavy atom. The molecule has 0 amide bonds. The molecule has 0 aliphatic heterocycles. The van der Waals surface area contributed by atoms with Gasteiger partial charge < -0.3 is 5.11 Å². The van der Waals surface area contributed by atoms with Gasteiger partial charge in [-0.2, -0.15) is 0 Å². The Kier molecular flexibility index (Phi) is 8.30. The first-order valence-corrected chi connectivity index (χ1v) is 8.14. The molecule has 14 heavy (non-hydrogen) atoms. The summed E-state index contributed by atoms with van der Waals surface area (Å²) in [5, 5.41) is 9.44. The predicted octanol–water partition coefficient (Wildman–Crippen LogP) is 3.13. The third kappa shape index (κ3) is 5.01. The summed E-state index contributed by atoms with van der Waals surface area (Å²) < 4.78 is 0. The molecule has 1 aromatic rings. The van der Waals surface area contributed by atoms with Crippen molar-refractivity contribution in [3.05, 3.63) is 29.3 Å². The fraction of sp³-hybridized carbons (Fsp3) is 0.222. The molecule has 0 radical (unpaired) electrons. The summed E-state index contributed by atoms with van der Waals surface area (Å²) in [5.41, 5.74) is 1.65. The molecule has 5 heteroatoms. The number of nitrogens with zero attached hydrogens (tertiary/aromatic N) is 1. The molecule has 0 fully saturated rings. The minimum absolute atomic E-state index is 0.318. The zero-order valence-electron chi connectivity index (χ0n) is 7.96. The summed E-state index contributed by atoms with van der Waals surface area (Å²) in [6, 6.07) is 5.59. The Morgan fingerprint density at radius 1 is 1.43 bits per heavy atom. The number of halogens is 2. The monoisotopic (exact) mass is 267 g/mol. The van der Waals surface area contributed by atoms with E-state index < -0.39 is 17.0 Å². The van der Waals surface area contributed by atoms with Crippen LogP contribution in [0, 0.1) is 6.92 Å². The van der Waals surface area contributed by atoms with Crippen molar-refractivity contribution >= 4 is 24.8 Å². The minimum atomic E-state index is -0.556. The first-order chi connectivity index (χ1) is 6.67. The van der Waals surface area contributed by atoms with Gasteiger partial charge >= 0.3 is 35.6 Å². The zero-order chi connectivity index (χ0) is 11.0. The molecule has 0 saturated carbocycles. The summed E-state index contributed by atoms with van der Waals surface area (Å²) in [7, 11) is 11.5. The van der Waals surface area contributed by atoms with E-state index in [0.717, 1.165) is 11.1 Å². The number of hydrogen-bond acceptors (Lipinski definition) is 2. The Labute approximate surface area is 101 Å². The van der Waals surface area contributed by atoms with Gasteiger partial charge in [0, 0.05) is 18.8 Å². The topological polar surface area (TPSA) is 32.6 Å². The Morgan fingerprint density at radius 2 is 2.00 bits per heavy atom. The van der Waals surface area contributed by atoms with Gasteiger partial charge in [0.1, 0.15) is 5.75 Å². The third-order valence-electron chi connectivity index (χ3n) is 1.54. The van der Waals surface area contributed by atoms with Gasteiger partial charge in [-0.25, -0.2) is 0 Å². The molecule has 1 N–H and O–H groups in total.